The summed E-state index contributed by atoms with van der Waals surface area (Å²) in [5, 5.41) is 9.12. The summed E-state index contributed by atoms with van der Waals surface area (Å²) in [5.41, 5.74) is 1.85. The first-order chi connectivity index (χ1) is 14.2. The lowest BCUT2D eigenvalue weighted by Crippen LogP contribution is -2.31. The molecule has 6 nitrogen and oxygen atoms in total. The van der Waals surface area contributed by atoms with Crippen LogP contribution >= 0.6 is 11.8 Å². The number of carbonyl (C=O) groups excluding carboxylic acids is 1. The molecule has 3 rings (SSSR count). The van der Waals surface area contributed by atoms with Crippen LogP contribution in [0.2, 0.25) is 0 Å². The first kappa shape index (κ1) is 20.9. The Bertz CT molecular complexity index is 899. The maximum Gasteiger partial charge on any atom is 0.242 e. The summed E-state index contributed by atoms with van der Waals surface area (Å²) in [6.07, 6.45) is 3.40. The van der Waals surface area contributed by atoms with Gasteiger partial charge in [0.25, 0.3) is 0 Å². The maximum absolute atomic E-state index is 12.9. The van der Waals surface area contributed by atoms with Crippen LogP contribution in [0.25, 0.3) is 0 Å². The van der Waals surface area contributed by atoms with Crippen LogP contribution < -0.4 is 9.47 Å². The second-order valence-electron chi connectivity index (χ2n) is 6.54. The quantitative estimate of drug-likeness (QED) is 0.479. The summed E-state index contributed by atoms with van der Waals surface area (Å²) in [5.74, 6) is 1.45. The number of benzene rings is 2. The van der Waals surface area contributed by atoms with E-state index in [1.54, 1.807) is 31.4 Å². The Morgan fingerprint density at radius 1 is 1.14 bits per heavy atom. The van der Waals surface area contributed by atoms with Gasteiger partial charge in [0.1, 0.15) is 11.5 Å². The number of ether oxygens (including phenoxy) is 2. The van der Waals surface area contributed by atoms with Crippen molar-refractivity contribution in [1.82, 2.24) is 4.90 Å². The Balaban J connectivity index is 1.82. The van der Waals surface area contributed by atoms with Crippen molar-refractivity contribution in [1.29, 1.82) is 0 Å². The summed E-state index contributed by atoms with van der Waals surface area (Å²) in [7, 11) is 3.21. The van der Waals surface area contributed by atoms with Gasteiger partial charge in [-0.3, -0.25) is 9.69 Å². The van der Waals surface area contributed by atoms with E-state index in [0.717, 1.165) is 24.0 Å². The molecule has 1 fully saturated rings. The molecule has 1 atom stereocenters. The average molecular weight is 412 g/mol. The predicted molar refractivity (Wildman–Crippen MR) is 118 cm³/mol. The number of amidine groups is 1. The number of thioether (sulfide) groups is 1. The van der Waals surface area contributed by atoms with E-state index in [4.69, 9.17) is 9.47 Å². The monoisotopic (exact) mass is 411 g/mol. The molecule has 1 unspecified atom stereocenters. The standard InChI is InChI=1S/C22H25N3O3S/c1-4-8-20-21(26)25(15-16-9-6-5-7-10-16)22(29-20)24-23-14-17-11-12-18(27-2)13-19(17)28-3/h5-7,9-14,20H,4,8,15H2,1-3H3/b23-14+,24-22-. The SMILES string of the molecule is CCCC1S/C(=N\N=C\c2ccc(OC)cc2OC)N(Cc2ccccc2)C1=O. The van der Waals surface area contributed by atoms with Crippen LogP contribution in [-0.2, 0) is 11.3 Å². The van der Waals surface area contributed by atoms with Crippen LogP contribution in [0.3, 0.4) is 0 Å². The Labute approximate surface area is 175 Å². The van der Waals surface area contributed by atoms with Gasteiger partial charge >= 0.3 is 0 Å². The highest BCUT2D eigenvalue weighted by Gasteiger charge is 2.37. The molecule has 1 amide bonds. The number of nitrogens with zero attached hydrogens (tertiary/aromatic N) is 3. The summed E-state index contributed by atoms with van der Waals surface area (Å²) in [6, 6.07) is 15.4. The fourth-order valence-corrected chi connectivity index (χ4v) is 4.22. The van der Waals surface area contributed by atoms with Gasteiger partial charge in [-0.15, -0.1) is 5.10 Å². The zero-order valence-electron chi connectivity index (χ0n) is 16.9. The lowest BCUT2D eigenvalue weighted by atomic mass is 10.2. The molecule has 0 spiro atoms. The molecule has 1 aliphatic rings. The van der Waals surface area contributed by atoms with Crippen molar-refractivity contribution in [2.75, 3.05) is 14.2 Å². The first-order valence-corrected chi connectivity index (χ1v) is 10.4. The second kappa shape index (κ2) is 10.1. The van der Waals surface area contributed by atoms with Crippen LogP contribution in [0.4, 0.5) is 0 Å². The van der Waals surface area contributed by atoms with E-state index in [-0.39, 0.29) is 11.2 Å². The predicted octanol–water partition coefficient (Wildman–Crippen LogP) is 4.34. The van der Waals surface area contributed by atoms with E-state index in [9.17, 15) is 4.79 Å². The fourth-order valence-electron chi connectivity index (χ4n) is 3.01. The van der Waals surface area contributed by atoms with Crippen LogP contribution in [0.15, 0.2) is 58.7 Å². The summed E-state index contributed by atoms with van der Waals surface area (Å²) < 4.78 is 10.6. The first-order valence-electron chi connectivity index (χ1n) is 9.51. The van der Waals surface area contributed by atoms with Crippen molar-refractivity contribution < 1.29 is 14.3 Å². The molecule has 2 aromatic rings. The van der Waals surface area contributed by atoms with Gasteiger partial charge in [0.05, 0.1) is 32.2 Å². The Hall–Kier alpha value is -2.80. The van der Waals surface area contributed by atoms with Gasteiger partial charge in [0.2, 0.25) is 5.91 Å². The molecule has 152 valence electrons. The summed E-state index contributed by atoms with van der Waals surface area (Å²) >= 11 is 1.48. The van der Waals surface area contributed by atoms with E-state index in [0.29, 0.717) is 23.2 Å². The van der Waals surface area contributed by atoms with Crippen molar-refractivity contribution in [3.63, 3.8) is 0 Å². The molecular formula is C22H25N3O3S. The molecule has 1 saturated heterocycles. The molecule has 0 aromatic heterocycles. The van der Waals surface area contributed by atoms with Crippen molar-refractivity contribution in [2.45, 2.75) is 31.6 Å². The van der Waals surface area contributed by atoms with Gasteiger partial charge in [0.15, 0.2) is 5.17 Å². The molecule has 1 heterocycles. The third kappa shape index (κ3) is 5.17. The number of rotatable bonds is 8. The van der Waals surface area contributed by atoms with Gasteiger partial charge in [-0.1, -0.05) is 55.4 Å². The van der Waals surface area contributed by atoms with Gasteiger partial charge in [-0.25, -0.2) is 0 Å². The molecule has 0 saturated carbocycles. The molecular weight excluding hydrogens is 386 g/mol. The normalized spacial score (nSPS) is 18.0. The highest BCUT2D eigenvalue weighted by atomic mass is 32.2. The maximum atomic E-state index is 12.9. The van der Waals surface area contributed by atoms with E-state index < -0.39 is 0 Å². The van der Waals surface area contributed by atoms with Crippen LogP contribution in [0, 0.1) is 0 Å². The van der Waals surface area contributed by atoms with Crippen molar-refractivity contribution in [3.05, 3.63) is 59.7 Å². The van der Waals surface area contributed by atoms with Gasteiger partial charge in [-0.05, 0) is 24.1 Å². The van der Waals surface area contributed by atoms with Crippen LogP contribution in [0.5, 0.6) is 11.5 Å². The van der Waals surface area contributed by atoms with Gasteiger partial charge < -0.3 is 9.47 Å². The Morgan fingerprint density at radius 3 is 2.62 bits per heavy atom. The molecule has 0 N–H and O–H groups in total. The van der Waals surface area contributed by atoms with E-state index >= 15 is 0 Å². The topological polar surface area (TPSA) is 63.5 Å². The van der Waals surface area contributed by atoms with E-state index in [1.807, 2.05) is 42.5 Å². The molecule has 7 heteroatoms. The minimum Gasteiger partial charge on any atom is -0.497 e. The molecule has 0 bridgehead atoms. The minimum atomic E-state index is -0.104. The third-order valence-electron chi connectivity index (χ3n) is 4.54. The zero-order chi connectivity index (χ0) is 20.6. The summed E-state index contributed by atoms with van der Waals surface area (Å²) in [4.78, 5) is 14.6. The van der Waals surface area contributed by atoms with Crippen molar-refractivity contribution in [2.24, 2.45) is 10.2 Å². The van der Waals surface area contributed by atoms with Crippen LogP contribution in [-0.4, -0.2) is 41.7 Å². The fraction of sp³-hybridized carbons (Fsp3) is 0.318. The highest BCUT2D eigenvalue weighted by Crippen LogP contribution is 2.31. The number of methoxy groups -OCH3 is 2. The summed E-state index contributed by atoms with van der Waals surface area (Å²) in [6.45, 7) is 2.58. The molecule has 29 heavy (non-hydrogen) atoms. The molecule has 0 aliphatic carbocycles. The number of carbonyl (C=O) groups is 1. The largest absolute Gasteiger partial charge is 0.497 e. The molecule has 0 radical (unpaired) electrons. The number of hydrogen-bond acceptors (Lipinski definition) is 6. The number of hydrogen-bond donors (Lipinski definition) is 0. The smallest absolute Gasteiger partial charge is 0.242 e. The van der Waals surface area contributed by atoms with Crippen molar-refractivity contribution >= 4 is 29.1 Å². The Kier molecular flexibility index (Phi) is 7.30. The highest BCUT2D eigenvalue weighted by molar-refractivity contribution is 8.15. The third-order valence-corrected chi connectivity index (χ3v) is 5.77. The minimum absolute atomic E-state index is 0.0941. The van der Waals surface area contributed by atoms with Gasteiger partial charge in [-0.2, -0.15) is 5.10 Å². The lowest BCUT2D eigenvalue weighted by Gasteiger charge is -2.15. The molecule has 1 aliphatic heterocycles. The zero-order valence-corrected chi connectivity index (χ0v) is 17.7. The van der Waals surface area contributed by atoms with E-state index in [2.05, 4.69) is 17.1 Å². The van der Waals surface area contributed by atoms with Gasteiger partial charge in [0, 0.05) is 11.6 Å². The average Bonchev–Trinajstić information content (AvgIpc) is 3.04. The lowest BCUT2D eigenvalue weighted by molar-refractivity contribution is -0.126. The Morgan fingerprint density at radius 2 is 1.93 bits per heavy atom. The van der Waals surface area contributed by atoms with E-state index in [1.165, 1.54) is 11.8 Å². The van der Waals surface area contributed by atoms with Crippen molar-refractivity contribution in [3.8, 4) is 11.5 Å². The van der Waals surface area contributed by atoms with Crippen LogP contribution in [0.1, 0.15) is 30.9 Å². The molecule has 2 aromatic carbocycles. The second-order valence-corrected chi connectivity index (χ2v) is 7.71. The number of amides is 1.